The number of thiazole rings is 1. The molecule has 0 aliphatic carbocycles. The van der Waals surface area contributed by atoms with Gasteiger partial charge in [-0.2, -0.15) is 0 Å². The molecule has 1 aromatic heterocycles. The number of nitrogens with one attached hydrogen (secondary N) is 1. The molecule has 1 saturated heterocycles. The smallest absolute Gasteiger partial charge is 0.259 e. The first kappa shape index (κ1) is 23.4. The molecule has 0 radical (unpaired) electrons. The maximum absolute atomic E-state index is 13.3. The minimum atomic E-state index is -3.70. The number of fused-ring (bicyclic) bond motifs is 1. The molecule has 0 unspecified atom stereocenters. The summed E-state index contributed by atoms with van der Waals surface area (Å²) in [5.41, 5.74) is 1.68. The minimum Gasteiger partial charge on any atom is -0.494 e. The van der Waals surface area contributed by atoms with Crippen LogP contribution in [0.4, 0.5) is 10.8 Å². The summed E-state index contributed by atoms with van der Waals surface area (Å²) < 4.78 is 38.4. The molecule has 9 nitrogen and oxygen atoms in total. The van der Waals surface area contributed by atoms with Gasteiger partial charge in [-0.1, -0.05) is 11.3 Å². The first-order valence-corrected chi connectivity index (χ1v) is 12.8. The molecule has 33 heavy (non-hydrogen) atoms. The summed E-state index contributed by atoms with van der Waals surface area (Å²) in [6.07, 6.45) is 0. The normalized spacial score (nSPS) is 14.6. The molecule has 1 aliphatic rings. The fraction of sp³-hybridized carbons (Fsp3) is 0.364. The number of rotatable bonds is 7. The van der Waals surface area contributed by atoms with Gasteiger partial charge < -0.3 is 14.4 Å². The molecule has 1 N–H and O–H groups in total. The molecular formula is C22H26N4O5S2. The lowest BCUT2D eigenvalue weighted by Crippen LogP contribution is -2.37. The summed E-state index contributed by atoms with van der Waals surface area (Å²) in [6.45, 7) is 4.78. The van der Waals surface area contributed by atoms with E-state index in [0.29, 0.717) is 43.7 Å². The Balaban J connectivity index is 1.69. The average molecular weight is 491 g/mol. The Labute approximate surface area is 197 Å². The van der Waals surface area contributed by atoms with Crippen molar-refractivity contribution in [2.24, 2.45) is 0 Å². The molecule has 0 spiro atoms. The number of sulfonamides is 1. The van der Waals surface area contributed by atoms with Crippen molar-refractivity contribution in [3.8, 4) is 5.75 Å². The number of benzene rings is 2. The standard InChI is InChI=1S/C22H26N4O5S2/c1-4-31-15-5-7-18-20(13-15)32-22(23-18)24-21(27)17-14-16(33(28,29)25(2)3)6-8-19(17)26-9-11-30-12-10-26/h5-8,13-14H,4,9-12H2,1-3H3,(H,23,24,27). The van der Waals surface area contributed by atoms with Crippen LogP contribution in [0.1, 0.15) is 17.3 Å². The van der Waals surface area contributed by atoms with E-state index in [-0.39, 0.29) is 10.5 Å². The SMILES string of the molecule is CCOc1ccc2nc(NC(=O)c3cc(S(=O)(=O)N(C)C)ccc3N3CCOCC3)sc2c1. The van der Waals surface area contributed by atoms with E-state index in [2.05, 4.69) is 10.3 Å². The Morgan fingerprint density at radius 2 is 1.97 bits per heavy atom. The number of hydrogen-bond donors (Lipinski definition) is 1. The van der Waals surface area contributed by atoms with E-state index in [1.54, 1.807) is 6.07 Å². The zero-order chi connectivity index (χ0) is 23.6. The van der Waals surface area contributed by atoms with E-state index >= 15 is 0 Å². The van der Waals surface area contributed by atoms with E-state index < -0.39 is 15.9 Å². The number of morpholine rings is 1. The zero-order valence-corrected chi connectivity index (χ0v) is 20.3. The quantitative estimate of drug-likeness (QED) is 0.543. The van der Waals surface area contributed by atoms with Gasteiger partial charge in [-0.15, -0.1) is 0 Å². The molecule has 1 aliphatic heterocycles. The first-order valence-electron chi connectivity index (χ1n) is 10.5. The maximum Gasteiger partial charge on any atom is 0.259 e. The van der Waals surface area contributed by atoms with E-state index in [0.717, 1.165) is 20.3 Å². The highest BCUT2D eigenvalue weighted by atomic mass is 32.2. The van der Waals surface area contributed by atoms with Crippen LogP contribution in [-0.4, -0.2) is 70.6 Å². The van der Waals surface area contributed by atoms with Crippen molar-refractivity contribution >= 4 is 48.3 Å². The summed E-state index contributed by atoms with van der Waals surface area (Å²) in [7, 11) is -0.779. The number of nitrogens with zero attached hydrogens (tertiary/aromatic N) is 3. The molecular weight excluding hydrogens is 464 g/mol. The van der Waals surface area contributed by atoms with Gasteiger partial charge in [0.1, 0.15) is 5.75 Å². The van der Waals surface area contributed by atoms with Crippen molar-refractivity contribution in [3.05, 3.63) is 42.0 Å². The van der Waals surface area contributed by atoms with Crippen LogP contribution < -0.4 is 15.0 Å². The largest absolute Gasteiger partial charge is 0.494 e. The fourth-order valence-electron chi connectivity index (χ4n) is 3.53. The highest BCUT2D eigenvalue weighted by molar-refractivity contribution is 7.89. The van der Waals surface area contributed by atoms with Crippen LogP contribution >= 0.6 is 11.3 Å². The highest BCUT2D eigenvalue weighted by Gasteiger charge is 2.25. The minimum absolute atomic E-state index is 0.0558. The van der Waals surface area contributed by atoms with E-state index in [9.17, 15) is 13.2 Å². The molecule has 0 saturated carbocycles. The lowest BCUT2D eigenvalue weighted by atomic mass is 10.1. The van der Waals surface area contributed by atoms with E-state index in [1.165, 1.54) is 37.6 Å². The van der Waals surface area contributed by atoms with Gasteiger partial charge in [-0.25, -0.2) is 17.7 Å². The summed E-state index contributed by atoms with van der Waals surface area (Å²) in [5, 5.41) is 3.28. The molecule has 176 valence electrons. The molecule has 3 aromatic rings. The summed E-state index contributed by atoms with van der Waals surface area (Å²) in [5.74, 6) is 0.319. The summed E-state index contributed by atoms with van der Waals surface area (Å²) in [4.78, 5) is 19.9. The molecule has 2 aromatic carbocycles. The lowest BCUT2D eigenvalue weighted by Gasteiger charge is -2.30. The number of anilines is 2. The van der Waals surface area contributed by atoms with Gasteiger partial charge in [0, 0.05) is 32.9 Å². The van der Waals surface area contributed by atoms with Gasteiger partial charge in [0.2, 0.25) is 10.0 Å². The van der Waals surface area contributed by atoms with Crippen LogP contribution in [0, 0.1) is 0 Å². The van der Waals surface area contributed by atoms with Gasteiger partial charge in [0.05, 0.1) is 40.5 Å². The van der Waals surface area contributed by atoms with Crippen LogP contribution in [0.3, 0.4) is 0 Å². The van der Waals surface area contributed by atoms with Crippen molar-refractivity contribution in [2.45, 2.75) is 11.8 Å². The van der Waals surface area contributed by atoms with Crippen LogP contribution in [0.5, 0.6) is 5.75 Å². The zero-order valence-electron chi connectivity index (χ0n) is 18.7. The second kappa shape index (κ2) is 9.64. The van der Waals surface area contributed by atoms with Crippen molar-refractivity contribution < 1.29 is 22.7 Å². The van der Waals surface area contributed by atoms with Gasteiger partial charge in [0.25, 0.3) is 5.91 Å². The Kier molecular flexibility index (Phi) is 6.84. The molecule has 2 heterocycles. The number of amides is 1. The molecule has 4 rings (SSSR count). The van der Waals surface area contributed by atoms with Crippen molar-refractivity contribution in [2.75, 3.05) is 57.2 Å². The Morgan fingerprint density at radius 3 is 2.67 bits per heavy atom. The van der Waals surface area contributed by atoms with E-state index in [4.69, 9.17) is 9.47 Å². The Bertz CT molecular complexity index is 1270. The second-order valence-corrected chi connectivity index (χ2v) is 10.8. The molecule has 11 heteroatoms. The van der Waals surface area contributed by atoms with Crippen LogP contribution in [-0.2, 0) is 14.8 Å². The predicted octanol–water partition coefficient (Wildman–Crippen LogP) is 3.03. The maximum atomic E-state index is 13.3. The number of carbonyl (C=O) groups is 1. The third-order valence-electron chi connectivity index (χ3n) is 5.23. The predicted molar refractivity (Wildman–Crippen MR) is 129 cm³/mol. The number of hydrogen-bond acceptors (Lipinski definition) is 8. The number of ether oxygens (including phenoxy) is 2. The lowest BCUT2D eigenvalue weighted by molar-refractivity contribution is 0.102. The van der Waals surface area contributed by atoms with Crippen LogP contribution in [0.25, 0.3) is 10.2 Å². The van der Waals surface area contributed by atoms with Crippen LogP contribution in [0.15, 0.2) is 41.3 Å². The monoisotopic (exact) mass is 490 g/mol. The number of aromatic nitrogens is 1. The first-order chi connectivity index (χ1) is 15.8. The second-order valence-electron chi connectivity index (χ2n) is 7.60. The van der Waals surface area contributed by atoms with Crippen LogP contribution in [0.2, 0.25) is 0 Å². The highest BCUT2D eigenvalue weighted by Crippen LogP contribution is 2.31. The third kappa shape index (κ3) is 4.96. The van der Waals surface area contributed by atoms with Gasteiger partial charge in [0.15, 0.2) is 5.13 Å². The van der Waals surface area contributed by atoms with Gasteiger partial charge >= 0.3 is 0 Å². The Hall–Kier alpha value is -2.73. The summed E-state index contributed by atoms with van der Waals surface area (Å²) >= 11 is 1.33. The topological polar surface area (TPSA) is 101 Å². The Morgan fingerprint density at radius 1 is 1.21 bits per heavy atom. The molecule has 1 amide bonds. The van der Waals surface area contributed by atoms with Gasteiger partial charge in [-0.05, 0) is 43.3 Å². The molecule has 1 fully saturated rings. The van der Waals surface area contributed by atoms with Crippen molar-refractivity contribution in [3.63, 3.8) is 0 Å². The third-order valence-corrected chi connectivity index (χ3v) is 7.98. The van der Waals surface area contributed by atoms with Gasteiger partial charge in [-0.3, -0.25) is 10.1 Å². The average Bonchev–Trinajstić information content (AvgIpc) is 3.20. The fourth-order valence-corrected chi connectivity index (χ4v) is 5.35. The number of carbonyl (C=O) groups excluding carboxylic acids is 1. The molecule has 0 atom stereocenters. The van der Waals surface area contributed by atoms with E-state index in [1.807, 2.05) is 30.0 Å². The van der Waals surface area contributed by atoms with Crippen molar-refractivity contribution in [1.29, 1.82) is 0 Å². The van der Waals surface area contributed by atoms with Crippen molar-refractivity contribution in [1.82, 2.24) is 9.29 Å². The summed E-state index contributed by atoms with van der Waals surface area (Å²) in [6, 6.07) is 10.2. The molecule has 0 bridgehead atoms.